The summed E-state index contributed by atoms with van der Waals surface area (Å²) < 4.78 is 20.9. The van der Waals surface area contributed by atoms with Gasteiger partial charge < -0.3 is 18.9 Å². The van der Waals surface area contributed by atoms with Gasteiger partial charge in [0.1, 0.15) is 0 Å². The predicted octanol–water partition coefficient (Wildman–Crippen LogP) is 0.982. The summed E-state index contributed by atoms with van der Waals surface area (Å²) in [6.07, 6.45) is 1.71. The topological polar surface area (TPSA) is 49.0 Å². The van der Waals surface area contributed by atoms with Gasteiger partial charge in [0.15, 0.2) is 0 Å². The summed E-state index contributed by atoms with van der Waals surface area (Å²) in [7, 11) is 0. The summed E-state index contributed by atoms with van der Waals surface area (Å²) in [6.45, 7) is 8.77. The Balaban J connectivity index is 2.87. The molecule has 0 atom stereocenters. The summed E-state index contributed by atoms with van der Waals surface area (Å²) in [5, 5.41) is 0. The Labute approximate surface area is 108 Å². The molecule has 0 radical (unpaired) electrons. The molecule has 102 valence electrons. The molecular formula is C11H22ClNO4. The van der Waals surface area contributed by atoms with Gasteiger partial charge in [-0.3, -0.25) is 0 Å². The van der Waals surface area contributed by atoms with E-state index in [4.69, 9.17) is 30.7 Å². The molecule has 0 aromatic heterocycles. The van der Waals surface area contributed by atoms with E-state index < -0.39 is 0 Å². The quantitative estimate of drug-likeness (QED) is 0.289. The second-order valence-corrected chi connectivity index (χ2v) is 3.35. The Bertz CT molecular complexity index is 160. The fourth-order valence-electron chi connectivity index (χ4n) is 0.937. The third-order valence-corrected chi connectivity index (χ3v) is 1.88. The number of nitrogens with one attached hydrogen (secondary N) is 1. The summed E-state index contributed by atoms with van der Waals surface area (Å²) in [6, 6.07) is 0. The highest BCUT2D eigenvalue weighted by molar-refractivity contribution is 6.13. The molecule has 6 heteroatoms. The SMILES string of the molecule is C=CCOCCOCCOCCOCCNCl. The van der Waals surface area contributed by atoms with Crippen molar-refractivity contribution in [3.05, 3.63) is 12.7 Å². The van der Waals surface area contributed by atoms with Gasteiger partial charge in [-0.25, -0.2) is 4.84 Å². The minimum atomic E-state index is 0.564. The van der Waals surface area contributed by atoms with Crippen LogP contribution in [0.25, 0.3) is 0 Å². The molecule has 0 amide bonds. The Morgan fingerprint density at radius 1 is 0.824 bits per heavy atom. The minimum absolute atomic E-state index is 0.564. The largest absolute Gasteiger partial charge is 0.378 e. The van der Waals surface area contributed by atoms with Crippen LogP contribution in [-0.2, 0) is 18.9 Å². The lowest BCUT2D eigenvalue weighted by molar-refractivity contribution is 0.00162. The molecule has 0 aliphatic rings. The number of hydrogen-bond donors (Lipinski definition) is 1. The van der Waals surface area contributed by atoms with Crippen molar-refractivity contribution in [2.75, 3.05) is 59.4 Å². The average molecular weight is 268 g/mol. The molecule has 0 rings (SSSR count). The Morgan fingerprint density at radius 2 is 1.29 bits per heavy atom. The standard InChI is InChI=1S/C11H22ClNO4/c1-2-4-14-6-8-16-10-11-17-9-7-15-5-3-13-12/h2,13H,1,3-11H2. The Hall–Kier alpha value is -0.170. The maximum atomic E-state index is 5.28. The summed E-state index contributed by atoms with van der Waals surface area (Å²) in [5.74, 6) is 0. The van der Waals surface area contributed by atoms with Crippen molar-refractivity contribution in [1.29, 1.82) is 0 Å². The number of ether oxygens (including phenoxy) is 4. The van der Waals surface area contributed by atoms with Gasteiger partial charge in [-0.2, -0.15) is 0 Å². The fraction of sp³-hybridized carbons (Fsp3) is 0.818. The van der Waals surface area contributed by atoms with Crippen LogP contribution in [0.2, 0.25) is 0 Å². The van der Waals surface area contributed by atoms with E-state index in [1.807, 2.05) is 0 Å². The van der Waals surface area contributed by atoms with Gasteiger partial charge in [0.2, 0.25) is 0 Å². The van der Waals surface area contributed by atoms with Gasteiger partial charge in [0, 0.05) is 6.54 Å². The van der Waals surface area contributed by atoms with Gasteiger partial charge in [-0.05, 0) is 11.8 Å². The highest BCUT2D eigenvalue weighted by atomic mass is 35.5. The Morgan fingerprint density at radius 3 is 1.76 bits per heavy atom. The zero-order chi connectivity index (χ0) is 12.6. The zero-order valence-electron chi connectivity index (χ0n) is 10.2. The third kappa shape index (κ3) is 15.8. The normalized spacial score (nSPS) is 10.6. The fourth-order valence-corrected chi connectivity index (χ4v) is 1.01. The molecule has 0 spiro atoms. The van der Waals surface area contributed by atoms with Crippen LogP contribution in [-0.4, -0.2) is 59.4 Å². The lowest BCUT2D eigenvalue weighted by Gasteiger charge is -2.06. The van der Waals surface area contributed by atoms with Crippen LogP contribution in [0, 0.1) is 0 Å². The molecule has 1 N–H and O–H groups in total. The first-order chi connectivity index (χ1) is 8.41. The maximum absolute atomic E-state index is 5.28. The molecule has 5 nitrogen and oxygen atoms in total. The van der Waals surface area contributed by atoms with Gasteiger partial charge in [-0.1, -0.05) is 6.08 Å². The first-order valence-corrected chi connectivity index (χ1v) is 6.05. The first kappa shape index (κ1) is 16.8. The summed E-state index contributed by atoms with van der Waals surface area (Å²) >= 11 is 5.25. The summed E-state index contributed by atoms with van der Waals surface area (Å²) in [5.41, 5.74) is 0. The molecule has 0 aliphatic heterocycles. The molecule has 0 aromatic rings. The van der Waals surface area contributed by atoms with Crippen LogP contribution in [0.3, 0.4) is 0 Å². The molecule has 0 unspecified atom stereocenters. The highest BCUT2D eigenvalue weighted by Crippen LogP contribution is 1.82. The van der Waals surface area contributed by atoms with Gasteiger partial charge in [-0.15, -0.1) is 6.58 Å². The molecule has 17 heavy (non-hydrogen) atoms. The van der Waals surface area contributed by atoms with E-state index in [9.17, 15) is 0 Å². The van der Waals surface area contributed by atoms with E-state index in [1.165, 1.54) is 0 Å². The molecule has 0 aromatic carbocycles. The van der Waals surface area contributed by atoms with Gasteiger partial charge >= 0.3 is 0 Å². The van der Waals surface area contributed by atoms with E-state index in [2.05, 4.69) is 11.4 Å². The molecular weight excluding hydrogens is 246 g/mol. The van der Waals surface area contributed by atoms with E-state index in [1.54, 1.807) is 6.08 Å². The molecule has 0 heterocycles. The molecule has 0 aliphatic carbocycles. The van der Waals surface area contributed by atoms with E-state index in [0.29, 0.717) is 59.4 Å². The molecule has 0 saturated heterocycles. The minimum Gasteiger partial charge on any atom is -0.378 e. The van der Waals surface area contributed by atoms with Crippen LogP contribution in [0.5, 0.6) is 0 Å². The van der Waals surface area contributed by atoms with Crippen molar-refractivity contribution >= 4 is 11.8 Å². The number of hydrogen-bond acceptors (Lipinski definition) is 5. The van der Waals surface area contributed by atoms with Crippen LogP contribution >= 0.6 is 11.8 Å². The highest BCUT2D eigenvalue weighted by Gasteiger charge is 1.91. The van der Waals surface area contributed by atoms with Crippen molar-refractivity contribution in [3.63, 3.8) is 0 Å². The summed E-state index contributed by atoms with van der Waals surface area (Å²) in [4.78, 5) is 2.48. The number of rotatable bonds is 14. The first-order valence-electron chi connectivity index (χ1n) is 5.67. The van der Waals surface area contributed by atoms with Crippen molar-refractivity contribution in [2.45, 2.75) is 0 Å². The van der Waals surface area contributed by atoms with E-state index in [-0.39, 0.29) is 0 Å². The van der Waals surface area contributed by atoms with Gasteiger partial charge in [0.25, 0.3) is 0 Å². The average Bonchev–Trinajstić information content (AvgIpc) is 2.35. The second kappa shape index (κ2) is 15.8. The molecule has 0 fully saturated rings. The van der Waals surface area contributed by atoms with E-state index >= 15 is 0 Å². The second-order valence-electron chi connectivity index (χ2n) is 3.08. The third-order valence-electron chi connectivity index (χ3n) is 1.69. The van der Waals surface area contributed by atoms with Crippen molar-refractivity contribution in [2.24, 2.45) is 0 Å². The monoisotopic (exact) mass is 267 g/mol. The van der Waals surface area contributed by atoms with Crippen LogP contribution < -0.4 is 4.84 Å². The van der Waals surface area contributed by atoms with E-state index in [0.717, 1.165) is 0 Å². The smallest absolute Gasteiger partial charge is 0.0704 e. The Kier molecular flexibility index (Phi) is 15.7. The van der Waals surface area contributed by atoms with Crippen molar-refractivity contribution in [1.82, 2.24) is 4.84 Å². The van der Waals surface area contributed by atoms with Crippen LogP contribution in [0.4, 0.5) is 0 Å². The molecule has 0 bridgehead atoms. The van der Waals surface area contributed by atoms with Crippen LogP contribution in [0.1, 0.15) is 0 Å². The zero-order valence-corrected chi connectivity index (χ0v) is 10.9. The van der Waals surface area contributed by atoms with Crippen molar-refractivity contribution < 1.29 is 18.9 Å². The van der Waals surface area contributed by atoms with Crippen LogP contribution in [0.15, 0.2) is 12.7 Å². The molecule has 0 saturated carbocycles. The lowest BCUT2D eigenvalue weighted by atomic mass is 10.6. The van der Waals surface area contributed by atoms with Crippen molar-refractivity contribution in [3.8, 4) is 0 Å². The lowest BCUT2D eigenvalue weighted by Crippen LogP contribution is -2.14. The predicted molar refractivity (Wildman–Crippen MR) is 67.3 cm³/mol. The maximum Gasteiger partial charge on any atom is 0.0704 e. The van der Waals surface area contributed by atoms with Gasteiger partial charge in [0.05, 0.1) is 52.9 Å². The number of halogens is 1.